The Morgan fingerprint density at radius 2 is 1.81 bits per heavy atom. The molecule has 2 N–H and O–H groups in total. The van der Waals surface area contributed by atoms with Crippen molar-refractivity contribution in [1.29, 1.82) is 0 Å². The lowest BCUT2D eigenvalue weighted by Gasteiger charge is -2.27. The van der Waals surface area contributed by atoms with Crippen LogP contribution in [0.2, 0.25) is 0 Å². The van der Waals surface area contributed by atoms with Crippen molar-refractivity contribution in [2.24, 2.45) is 9.98 Å². The van der Waals surface area contributed by atoms with Crippen LogP contribution in [0, 0.1) is 0 Å². The molecule has 0 fully saturated rings. The average Bonchev–Trinajstić information content (AvgIpc) is 3.34. The summed E-state index contributed by atoms with van der Waals surface area (Å²) in [5.41, 5.74) is 2.77. The zero-order valence-electron chi connectivity index (χ0n) is 23.5. The number of fused-ring (bicyclic) bond motifs is 3. The fourth-order valence-electron chi connectivity index (χ4n) is 4.68. The molecular formula is C31H31N5O5S. The molecule has 5 rings (SSSR count). The molecule has 0 saturated carbocycles. The molecule has 3 aromatic carbocycles. The minimum atomic E-state index is -0.916. The zero-order chi connectivity index (χ0) is 29.6. The van der Waals surface area contributed by atoms with Gasteiger partial charge in [-0.15, -0.1) is 0 Å². The van der Waals surface area contributed by atoms with Crippen LogP contribution < -0.4 is 20.1 Å². The number of nitrogens with zero attached hydrogens (tertiary/aromatic N) is 3. The Morgan fingerprint density at radius 3 is 2.60 bits per heavy atom. The lowest BCUT2D eigenvalue weighted by molar-refractivity contribution is -0.128. The first-order valence-electron chi connectivity index (χ1n) is 13.5. The molecule has 2 aliphatic heterocycles. The summed E-state index contributed by atoms with van der Waals surface area (Å²) in [5.74, 6) is 0.826. The summed E-state index contributed by atoms with van der Waals surface area (Å²) in [6, 6.07) is 21.0. The van der Waals surface area contributed by atoms with Crippen molar-refractivity contribution in [3.8, 4) is 11.5 Å². The maximum Gasteiger partial charge on any atom is 0.259 e. The third-order valence-electron chi connectivity index (χ3n) is 6.84. The number of nitrogens with one attached hydrogen (secondary N) is 2. The number of ether oxygens (including phenoxy) is 2. The van der Waals surface area contributed by atoms with Crippen LogP contribution in [0.3, 0.4) is 0 Å². The van der Waals surface area contributed by atoms with Crippen molar-refractivity contribution in [2.45, 2.75) is 37.6 Å². The maximum absolute atomic E-state index is 13.7. The number of benzene rings is 3. The molecule has 2 heterocycles. The Balaban J connectivity index is 1.32. The summed E-state index contributed by atoms with van der Waals surface area (Å²) in [6.07, 6.45) is 0.367. The van der Waals surface area contributed by atoms with Crippen molar-refractivity contribution in [2.75, 3.05) is 19.5 Å². The van der Waals surface area contributed by atoms with Gasteiger partial charge in [0.2, 0.25) is 11.8 Å². The molecular weight excluding hydrogens is 554 g/mol. The summed E-state index contributed by atoms with van der Waals surface area (Å²) < 4.78 is 10.6. The number of carbonyl (C=O) groups excluding carboxylic acids is 3. The molecule has 10 nitrogen and oxygen atoms in total. The van der Waals surface area contributed by atoms with E-state index in [2.05, 4.69) is 15.6 Å². The Morgan fingerprint density at radius 1 is 1.02 bits per heavy atom. The summed E-state index contributed by atoms with van der Waals surface area (Å²) in [5, 5.41) is 5.60. The van der Waals surface area contributed by atoms with Gasteiger partial charge in [0.15, 0.2) is 5.17 Å². The SMILES string of the molecule is CC[C@@H](SC1=Nc2ccccc2C2=N[C@H](CC(=O)NCc3ccccc3OC)C(=O)N12)C(=O)Nc1cccc(OC)c1. The normalized spacial score (nSPS) is 16.0. The van der Waals surface area contributed by atoms with Gasteiger partial charge in [0.05, 0.1) is 31.6 Å². The third-order valence-corrected chi connectivity index (χ3v) is 8.16. The molecule has 0 radical (unpaired) electrons. The number of methoxy groups -OCH3 is 2. The number of anilines is 1. The smallest absolute Gasteiger partial charge is 0.259 e. The van der Waals surface area contributed by atoms with E-state index in [0.717, 1.165) is 5.56 Å². The minimum Gasteiger partial charge on any atom is -0.497 e. The number of thioether (sulfide) groups is 1. The quantitative estimate of drug-likeness (QED) is 0.361. The second kappa shape index (κ2) is 12.9. The van der Waals surface area contributed by atoms with Gasteiger partial charge in [-0.1, -0.05) is 55.1 Å². The number of hydrogen-bond donors (Lipinski definition) is 2. The molecule has 2 atom stereocenters. The van der Waals surface area contributed by atoms with E-state index in [4.69, 9.17) is 14.5 Å². The third kappa shape index (κ3) is 6.15. The highest BCUT2D eigenvalue weighted by Gasteiger charge is 2.43. The lowest BCUT2D eigenvalue weighted by atomic mass is 10.1. The van der Waals surface area contributed by atoms with Gasteiger partial charge in [0.1, 0.15) is 23.4 Å². The second-order valence-corrected chi connectivity index (χ2v) is 10.8. The van der Waals surface area contributed by atoms with E-state index in [9.17, 15) is 14.4 Å². The van der Waals surface area contributed by atoms with Gasteiger partial charge < -0.3 is 20.1 Å². The molecule has 216 valence electrons. The fraction of sp³-hybridized carbons (Fsp3) is 0.258. The Labute approximate surface area is 248 Å². The van der Waals surface area contributed by atoms with Gasteiger partial charge in [0, 0.05) is 29.4 Å². The molecule has 3 amide bonds. The number of aliphatic imine (C=N–C) groups is 2. The van der Waals surface area contributed by atoms with E-state index in [0.29, 0.717) is 45.9 Å². The predicted molar refractivity (Wildman–Crippen MR) is 163 cm³/mol. The number of amidine groups is 2. The molecule has 42 heavy (non-hydrogen) atoms. The second-order valence-electron chi connectivity index (χ2n) is 9.58. The van der Waals surface area contributed by atoms with Crippen molar-refractivity contribution in [3.63, 3.8) is 0 Å². The number of hydrogen-bond acceptors (Lipinski definition) is 8. The average molecular weight is 586 g/mol. The van der Waals surface area contributed by atoms with Crippen LogP contribution in [-0.4, -0.2) is 59.1 Å². The molecule has 0 spiro atoms. The molecule has 11 heteroatoms. The van der Waals surface area contributed by atoms with E-state index in [1.807, 2.05) is 55.5 Å². The van der Waals surface area contributed by atoms with E-state index in [-0.39, 0.29) is 30.7 Å². The van der Waals surface area contributed by atoms with Crippen molar-refractivity contribution in [3.05, 3.63) is 83.9 Å². The van der Waals surface area contributed by atoms with Gasteiger partial charge in [-0.3, -0.25) is 19.4 Å². The first kappa shape index (κ1) is 28.9. The Kier molecular flexibility index (Phi) is 8.87. The maximum atomic E-state index is 13.7. The monoisotopic (exact) mass is 585 g/mol. The standard InChI is InChI=1S/C31H31N5O5S/c1-4-26(29(38)33-20-11-9-12-21(16-20)40-2)42-31-35-23-14-7-6-13-22(23)28-34-24(30(39)36(28)31)17-27(37)32-18-19-10-5-8-15-25(19)41-3/h5-16,24,26H,4,17-18H2,1-3H3,(H,32,37)(H,33,38)/t24-,26-/m1/s1. The summed E-state index contributed by atoms with van der Waals surface area (Å²) in [7, 11) is 3.14. The molecule has 0 aromatic heterocycles. The van der Waals surface area contributed by atoms with E-state index in [1.54, 1.807) is 38.5 Å². The van der Waals surface area contributed by atoms with E-state index >= 15 is 0 Å². The van der Waals surface area contributed by atoms with E-state index < -0.39 is 11.3 Å². The van der Waals surface area contributed by atoms with Crippen molar-refractivity contribution in [1.82, 2.24) is 10.2 Å². The molecule has 3 aromatic rings. The fourth-order valence-corrected chi connectivity index (χ4v) is 5.70. The highest BCUT2D eigenvalue weighted by atomic mass is 32.2. The molecule has 0 saturated heterocycles. The lowest BCUT2D eigenvalue weighted by Crippen LogP contribution is -2.43. The first-order chi connectivity index (χ1) is 20.4. The van der Waals surface area contributed by atoms with Crippen LogP contribution >= 0.6 is 11.8 Å². The predicted octanol–water partition coefficient (Wildman–Crippen LogP) is 4.52. The highest BCUT2D eigenvalue weighted by Crippen LogP contribution is 2.36. The number of carbonyl (C=O) groups is 3. The van der Waals surface area contributed by atoms with Gasteiger partial charge in [0.25, 0.3) is 5.91 Å². The summed E-state index contributed by atoms with van der Waals surface area (Å²) in [6.45, 7) is 2.16. The van der Waals surface area contributed by atoms with Gasteiger partial charge >= 0.3 is 0 Å². The molecule has 0 aliphatic carbocycles. The summed E-state index contributed by atoms with van der Waals surface area (Å²) in [4.78, 5) is 50.7. The van der Waals surface area contributed by atoms with Gasteiger partial charge in [-0.25, -0.2) is 9.89 Å². The van der Waals surface area contributed by atoms with Gasteiger partial charge in [-0.05, 0) is 36.8 Å². The van der Waals surface area contributed by atoms with Crippen molar-refractivity contribution < 1.29 is 23.9 Å². The largest absolute Gasteiger partial charge is 0.497 e. The first-order valence-corrected chi connectivity index (χ1v) is 14.4. The van der Waals surface area contributed by atoms with Crippen LogP contribution in [0.1, 0.15) is 30.9 Å². The Bertz CT molecular complexity index is 1570. The zero-order valence-corrected chi connectivity index (χ0v) is 24.3. The number of amides is 3. The minimum absolute atomic E-state index is 0.123. The summed E-state index contributed by atoms with van der Waals surface area (Å²) >= 11 is 1.20. The molecule has 0 unspecified atom stereocenters. The van der Waals surface area contributed by atoms with Crippen LogP contribution in [0.4, 0.5) is 11.4 Å². The van der Waals surface area contributed by atoms with Crippen LogP contribution in [-0.2, 0) is 20.9 Å². The van der Waals surface area contributed by atoms with Crippen LogP contribution in [0.25, 0.3) is 0 Å². The van der Waals surface area contributed by atoms with Crippen LogP contribution in [0.15, 0.2) is 82.8 Å². The number of rotatable bonds is 10. The topological polar surface area (TPSA) is 122 Å². The van der Waals surface area contributed by atoms with Crippen molar-refractivity contribution >= 4 is 51.9 Å². The Hall–Kier alpha value is -4.64. The molecule has 2 aliphatic rings. The highest BCUT2D eigenvalue weighted by molar-refractivity contribution is 8.15. The number of para-hydroxylation sites is 2. The molecule has 0 bridgehead atoms. The van der Waals surface area contributed by atoms with Gasteiger partial charge in [-0.2, -0.15) is 0 Å². The van der Waals surface area contributed by atoms with Crippen LogP contribution in [0.5, 0.6) is 11.5 Å². The van der Waals surface area contributed by atoms with E-state index in [1.165, 1.54) is 16.7 Å².